The maximum absolute atomic E-state index is 13.2. The number of phenols is 1. The monoisotopic (exact) mass is 563 g/mol. The Kier molecular flexibility index (Phi) is 7.88. The van der Waals surface area contributed by atoms with Gasteiger partial charge in [0.05, 0.1) is 16.2 Å². The van der Waals surface area contributed by atoms with E-state index in [0.29, 0.717) is 47.8 Å². The smallest absolute Gasteiger partial charge is 0.253 e. The first-order valence-corrected chi connectivity index (χ1v) is 14.9. The second-order valence-corrected chi connectivity index (χ2v) is 12.3. The molecule has 3 aromatic carbocycles. The van der Waals surface area contributed by atoms with Crippen molar-refractivity contribution < 1.29 is 18.3 Å². The summed E-state index contributed by atoms with van der Waals surface area (Å²) in [5, 5.41) is 11.7. The summed E-state index contributed by atoms with van der Waals surface area (Å²) in [4.78, 5) is 21.8. The predicted molar refractivity (Wildman–Crippen MR) is 153 cm³/mol. The summed E-state index contributed by atoms with van der Waals surface area (Å²) in [7, 11) is -3.63. The molecule has 202 valence electrons. The molecule has 2 heterocycles. The summed E-state index contributed by atoms with van der Waals surface area (Å²) in [6, 6.07) is 19.1. The summed E-state index contributed by atoms with van der Waals surface area (Å²) >= 11 is 6.25. The molecule has 0 atom stereocenters. The van der Waals surface area contributed by atoms with E-state index in [-0.39, 0.29) is 22.3 Å². The van der Waals surface area contributed by atoms with Crippen LogP contribution in [-0.2, 0) is 22.1 Å². The van der Waals surface area contributed by atoms with Crippen molar-refractivity contribution in [1.29, 1.82) is 0 Å². The highest BCUT2D eigenvalue weighted by Crippen LogP contribution is 2.27. The van der Waals surface area contributed by atoms with Crippen LogP contribution in [0.3, 0.4) is 0 Å². The average Bonchev–Trinajstić information content (AvgIpc) is 3.17. The molecule has 0 unspecified atom stereocenters. The number of para-hydroxylation sites is 1. The number of phenolic OH excluding ortho intramolecular Hbond substituents is 1. The molecule has 1 saturated heterocycles. The van der Waals surface area contributed by atoms with E-state index in [2.05, 4.69) is 9.88 Å². The Morgan fingerprint density at radius 3 is 2.56 bits per heavy atom. The fourth-order valence-electron chi connectivity index (χ4n) is 4.96. The van der Waals surface area contributed by atoms with E-state index in [0.717, 1.165) is 29.5 Å². The van der Waals surface area contributed by atoms with Crippen molar-refractivity contribution in [3.63, 3.8) is 0 Å². The molecule has 4 aromatic rings. The summed E-state index contributed by atoms with van der Waals surface area (Å²) in [5.74, 6) is -0.0234. The van der Waals surface area contributed by atoms with Crippen molar-refractivity contribution >= 4 is 38.2 Å². The van der Waals surface area contributed by atoms with Gasteiger partial charge in [0.25, 0.3) is 5.91 Å². The fourth-order valence-corrected chi connectivity index (χ4v) is 6.68. The number of nitrogens with zero attached hydrogens (tertiary/aromatic N) is 3. The number of fused-ring (bicyclic) bond motifs is 1. The summed E-state index contributed by atoms with van der Waals surface area (Å²) in [6.07, 6.45) is 2.40. The van der Waals surface area contributed by atoms with Crippen molar-refractivity contribution in [3.8, 4) is 5.75 Å². The van der Waals surface area contributed by atoms with E-state index in [1.807, 2.05) is 24.0 Å². The first kappa shape index (κ1) is 27.1. The van der Waals surface area contributed by atoms with Crippen LogP contribution in [0.25, 0.3) is 10.9 Å². The number of carbonyl (C=O) groups excluding carboxylic acids is 1. The number of carbonyl (C=O) groups is 1. The van der Waals surface area contributed by atoms with Gasteiger partial charge in [0.15, 0.2) is 9.84 Å². The molecule has 7 nitrogen and oxygen atoms in total. The highest BCUT2D eigenvalue weighted by molar-refractivity contribution is 7.90. The van der Waals surface area contributed by atoms with E-state index in [4.69, 9.17) is 11.6 Å². The van der Waals surface area contributed by atoms with E-state index in [1.165, 1.54) is 0 Å². The van der Waals surface area contributed by atoms with Gasteiger partial charge in [-0.15, -0.1) is 0 Å². The topological polar surface area (TPSA) is 90.8 Å². The molecule has 1 aromatic heterocycles. The molecule has 1 amide bonds. The number of sulfone groups is 1. The van der Waals surface area contributed by atoms with Crippen LogP contribution < -0.4 is 0 Å². The summed E-state index contributed by atoms with van der Waals surface area (Å²) in [6.45, 7) is 5.07. The largest absolute Gasteiger partial charge is 0.508 e. The van der Waals surface area contributed by atoms with Gasteiger partial charge < -0.3 is 10.0 Å². The summed E-state index contributed by atoms with van der Waals surface area (Å²) < 4.78 is 26.4. The van der Waals surface area contributed by atoms with Gasteiger partial charge in [-0.2, -0.15) is 0 Å². The molecular formula is C30H30ClN3O4S. The maximum Gasteiger partial charge on any atom is 0.253 e. The Balaban J connectivity index is 1.23. The van der Waals surface area contributed by atoms with Crippen LogP contribution in [0.2, 0.25) is 5.02 Å². The van der Waals surface area contributed by atoms with Crippen LogP contribution >= 0.6 is 11.6 Å². The van der Waals surface area contributed by atoms with Crippen molar-refractivity contribution in [1.82, 2.24) is 14.8 Å². The molecular weight excluding hydrogens is 534 g/mol. The normalized spacial score (nSPS) is 14.9. The number of aromatic hydroxyl groups is 1. The summed E-state index contributed by atoms with van der Waals surface area (Å²) in [5.41, 5.74) is 3.20. The first-order valence-electron chi connectivity index (χ1n) is 12.9. The number of benzene rings is 3. The number of hydrogen-bond acceptors (Lipinski definition) is 6. The number of amides is 1. The van der Waals surface area contributed by atoms with Gasteiger partial charge >= 0.3 is 0 Å². The minimum Gasteiger partial charge on any atom is -0.508 e. The van der Waals surface area contributed by atoms with Crippen LogP contribution in [-0.4, -0.2) is 60.4 Å². The molecule has 1 aliphatic rings. The van der Waals surface area contributed by atoms with Crippen molar-refractivity contribution in [2.45, 2.75) is 30.5 Å². The molecule has 1 N–H and O–H groups in total. The molecule has 39 heavy (non-hydrogen) atoms. The number of aryl methyl sites for hydroxylation is 1. The van der Waals surface area contributed by atoms with Crippen molar-refractivity contribution in [2.24, 2.45) is 0 Å². The molecule has 1 aliphatic heterocycles. The Morgan fingerprint density at radius 2 is 1.77 bits per heavy atom. The Labute approximate surface area is 233 Å². The number of halogens is 1. The number of rotatable bonds is 6. The lowest BCUT2D eigenvalue weighted by Gasteiger charge is -2.22. The van der Waals surface area contributed by atoms with Gasteiger partial charge in [-0.25, -0.2) is 8.42 Å². The molecule has 0 radical (unpaired) electrons. The number of hydrogen-bond donors (Lipinski definition) is 1. The predicted octanol–water partition coefficient (Wildman–Crippen LogP) is 5.22. The third kappa shape index (κ3) is 6.08. The average molecular weight is 564 g/mol. The lowest BCUT2D eigenvalue weighted by molar-refractivity contribution is 0.0761. The Morgan fingerprint density at radius 1 is 1.00 bits per heavy atom. The van der Waals surface area contributed by atoms with Gasteiger partial charge in [-0.3, -0.25) is 14.7 Å². The zero-order valence-electron chi connectivity index (χ0n) is 21.7. The van der Waals surface area contributed by atoms with Crippen LogP contribution in [0.4, 0.5) is 0 Å². The van der Waals surface area contributed by atoms with Gasteiger partial charge in [-0.05, 0) is 60.9 Å². The third-order valence-electron chi connectivity index (χ3n) is 7.12. The molecule has 1 fully saturated rings. The third-order valence-corrected chi connectivity index (χ3v) is 9.24. The van der Waals surface area contributed by atoms with E-state index >= 15 is 0 Å². The first-order chi connectivity index (χ1) is 18.7. The molecule has 0 spiro atoms. The lowest BCUT2D eigenvalue weighted by Crippen LogP contribution is -2.35. The highest BCUT2D eigenvalue weighted by Gasteiger charge is 2.23. The van der Waals surface area contributed by atoms with E-state index in [1.54, 1.807) is 60.8 Å². The van der Waals surface area contributed by atoms with Crippen molar-refractivity contribution in [2.75, 3.05) is 26.2 Å². The van der Waals surface area contributed by atoms with E-state index < -0.39 is 9.84 Å². The quantitative estimate of drug-likeness (QED) is 0.346. The van der Waals surface area contributed by atoms with Gasteiger partial charge in [0, 0.05) is 60.5 Å². The zero-order chi connectivity index (χ0) is 27.6. The second kappa shape index (κ2) is 11.3. The van der Waals surface area contributed by atoms with Gasteiger partial charge in [0.2, 0.25) is 0 Å². The SMILES string of the molecule is Cc1cc(O)c(CN2CCCN(C(=O)c3ccc(CS(=O)(=O)c4cccc5cccnc45)cc3)CC2)cc1Cl. The molecule has 0 saturated carbocycles. The van der Waals surface area contributed by atoms with Crippen molar-refractivity contribution in [3.05, 3.63) is 100 Å². The zero-order valence-corrected chi connectivity index (χ0v) is 23.3. The Hall–Kier alpha value is -3.46. The lowest BCUT2D eigenvalue weighted by atomic mass is 10.1. The molecule has 9 heteroatoms. The standard InChI is InChI=1S/C30H30ClN3O4S/c1-21-17-27(35)25(18-26(21)31)19-33-13-4-14-34(16-15-33)30(36)24-10-8-22(9-11-24)20-39(37,38)28-7-2-5-23-6-3-12-32-29(23)28/h2-3,5-12,17-18,35H,4,13-16,19-20H2,1H3. The van der Waals surface area contributed by atoms with Crippen LogP contribution in [0, 0.1) is 6.92 Å². The van der Waals surface area contributed by atoms with E-state index in [9.17, 15) is 18.3 Å². The molecule has 5 rings (SSSR count). The van der Waals surface area contributed by atoms with Crippen LogP contribution in [0.5, 0.6) is 5.75 Å². The molecule has 0 aliphatic carbocycles. The molecule has 0 bridgehead atoms. The van der Waals surface area contributed by atoms with Crippen LogP contribution in [0.1, 0.15) is 33.5 Å². The maximum atomic E-state index is 13.2. The minimum atomic E-state index is -3.63. The van der Waals surface area contributed by atoms with Gasteiger partial charge in [0.1, 0.15) is 5.75 Å². The number of pyridine rings is 1. The second-order valence-electron chi connectivity index (χ2n) is 9.94. The minimum absolute atomic E-state index is 0.0780. The Bertz CT molecular complexity index is 1620. The number of aromatic nitrogens is 1. The highest BCUT2D eigenvalue weighted by atomic mass is 35.5. The van der Waals surface area contributed by atoms with Crippen LogP contribution in [0.15, 0.2) is 77.8 Å². The van der Waals surface area contributed by atoms with Gasteiger partial charge in [-0.1, -0.05) is 41.9 Å². The fraction of sp³-hybridized carbons (Fsp3) is 0.267.